The molecule has 0 saturated carbocycles. The van der Waals surface area contributed by atoms with Gasteiger partial charge in [-0.25, -0.2) is 13.1 Å². The fourth-order valence-corrected chi connectivity index (χ4v) is 3.49. The zero-order valence-electron chi connectivity index (χ0n) is 12.4. The number of methoxy groups -OCH3 is 1. The quantitative estimate of drug-likeness (QED) is 0.755. The van der Waals surface area contributed by atoms with Crippen LogP contribution in [0.4, 0.5) is 0 Å². The molecular formula is C15H21ClN2O3S. The minimum atomic E-state index is -3.54. The molecule has 0 saturated heterocycles. The lowest BCUT2D eigenvalue weighted by molar-refractivity contribution is 0.419. The first-order chi connectivity index (χ1) is 10.1. The molecule has 0 fully saturated rings. The van der Waals surface area contributed by atoms with Gasteiger partial charge in [0, 0.05) is 17.3 Å². The first-order valence-electron chi connectivity index (χ1n) is 6.85. The fourth-order valence-electron chi connectivity index (χ4n) is 2.21. The van der Waals surface area contributed by atoms with Crippen LogP contribution in [-0.2, 0) is 10.0 Å². The molecule has 0 aromatic heterocycles. The molecule has 5 nitrogen and oxygen atoms in total. The van der Waals surface area contributed by atoms with E-state index in [2.05, 4.69) is 4.72 Å². The molecule has 0 aliphatic carbocycles. The highest BCUT2D eigenvalue weighted by atomic mass is 35.5. The molecular weight excluding hydrogens is 324 g/mol. The van der Waals surface area contributed by atoms with Gasteiger partial charge in [0.1, 0.15) is 5.75 Å². The van der Waals surface area contributed by atoms with Crippen LogP contribution in [0.15, 0.2) is 41.3 Å². The number of fused-ring (bicyclic) bond motifs is 1. The molecule has 3 N–H and O–H groups in total. The minimum Gasteiger partial charge on any atom is -0.496 e. The van der Waals surface area contributed by atoms with Gasteiger partial charge in [-0.1, -0.05) is 24.3 Å². The maximum absolute atomic E-state index is 12.4. The molecule has 0 heterocycles. The molecule has 7 heteroatoms. The van der Waals surface area contributed by atoms with E-state index in [-0.39, 0.29) is 17.3 Å². The molecule has 2 aromatic carbocycles. The number of hydrogen-bond acceptors (Lipinski definition) is 4. The Labute approximate surface area is 137 Å². The number of unbranched alkanes of at least 4 members (excludes halogenated alkanes) is 1. The summed E-state index contributed by atoms with van der Waals surface area (Å²) >= 11 is 0. The van der Waals surface area contributed by atoms with E-state index < -0.39 is 10.0 Å². The van der Waals surface area contributed by atoms with Crippen molar-refractivity contribution in [2.75, 3.05) is 20.2 Å². The Bertz CT molecular complexity index is 720. The Morgan fingerprint density at radius 3 is 2.41 bits per heavy atom. The summed E-state index contributed by atoms with van der Waals surface area (Å²) in [6.07, 6.45) is 1.52. The van der Waals surface area contributed by atoms with Crippen LogP contribution in [0.2, 0.25) is 0 Å². The first-order valence-corrected chi connectivity index (χ1v) is 8.34. The molecule has 2 aromatic rings. The average molecular weight is 345 g/mol. The van der Waals surface area contributed by atoms with Crippen molar-refractivity contribution in [2.45, 2.75) is 17.7 Å². The summed E-state index contributed by atoms with van der Waals surface area (Å²) in [7, 11) is -1.97. The van der Waals surface area contributed by atoms with Gasteiger partial charge in [-0.2, -0.15) is 0 Å². The van der Waals surface area contributed by atoms with Crippen molar-refractivity contribution in [1.82, 2.24) is 4.72 Å². The number of rotatable bonds is 7. The number of sulfonamides is 1. The molecule has 0 aliphatic heterocycles. The SMILES string of the molecule is COc1ccc(S(=O)(=O)NCCCCN)c2ccccc12.Cl. The molecule has 2 rings (SSSR count). The summed E-state index contributed by atoms with van der Waals surface area (Å²) in [6, 6.07) is 10.6. The maximum Gasteiger partial charge on any atom is 0.241 e. The topological polar surface area (TPSA) is 81.4 Å². The van der Waals surface area contributed by atoms with Gasteiger partial charge in [0.15, 0.2) is 0 Å². The Balaban J connectivity index is 0.00000242. The second kappa shape index (κ2) is 8.33. The van der Waals surface area contributed by atoms with Gasteiger partial charge in [-0.05, 0) is 31.5 Å². The Hall–Kier alpha value is -1.34. The van der Waals surface area contributed by atoms with E-state index in [1.807, 2.05) is 18.2 Å². The molecule has 0 amide bonds. The summed E-state index contributed by atoms with van der Waals surface area (Å²) in [5.74, 6) is 0.660. The van der Waals surface area contributed by atoms with Crippen LogP contribution in [0.25, 0.3) is 10.8 Å². The number of nitrogens with one attached hydrogen (secondary N) is 1. The Morgan fingerprint density at radius 1 is 1.09 bits per heavy atom. The highest BCUT2D eigenvalue weighted by Crippen LogP contribution is 2.30. The van der Waals surface area contributed by atoms with E-state index in [1.165, 1.54) is 0 Å². The van der Waals surface area contributed by atoms with Crippen LogP contribution in [0.5, 0.6) is 5.75 Å². The lowest BCUT2D eigenvalue weighted by Gasteiger charge is -2.12. The third kappa shape index (κ3) is 4.10. The smallest absolute Gasteiger partial charge is 0.241 e. The van der Waals surface area contributed by atoms with Gasteiger partial charge in [0.2, 0.25) is 10.0 Å². The van der Waals surface area contributed by atoms with Gasteiger partial charge in [0.25, 0.3) is 0 Å². The minimum absolute atomic E-state index is 0. The lowest BCUT2D eigenvalue weighted by atomic mass is 10.1. The van der Waals surface area contributed by atoms with Crippen LogP contribution in [0, 0.1) is 0 Å². The number of halogens is 1. The Kier molecular flexibility index (Phi) is 7.09. The number of hydrogen-bond donors (Lipinski definition) is 2. The number of nitrogens with two attached hydrogens (primary N) is 1. The van der Waals surface area contributed by atoms with Crippen molar-refractivity contribution >= 4 is 33.2 Å². The third-order valence-corrected chi connectivity index (χ3v) is 4.80. The van der Waals surface area contributed by atoms with Gasteiger partial charge >= 0.3 is 0 Å². The third-order valence-electron chi connectivity index (χ3n) is 3.28. The predicted molar refractivity (Wildman–Crippen MR) is 91.2 cm³/mol. The number of ether oxygens (including phenoxy) is 1. The van der Waals surface area contributed by atoms with E-state index in [0.717, 1.165) is 18.2 Å². The second-order valence-corrected chi connectivity index (χ2v) is 6.44. The molecule has 0 unspecified atom stereocenters. The summed E-state index contributed by atoms with van der Waals surface area (Å²) < 4.78 is 32.7. The van der Waals surface area contributed by atoms with Crippen molar-refractivity contribution in [3.63, 3.8) is 0 Å². The van der Waals surface area contributed by atoms with Crippen molar-refractivity contribution in [1.29, 1.82) is 0 Å². The van der Waals surface area contributed by atoms with E-state index in [9.17, 15) is 8.42 Å². The normalized spacial score (nSPS) is 11.2. The summed E-state index contributed by atoms with van der Waals surface area (Å²) in [4.78, 5) is 0.270. The maximum atomic E-state index is 12.4. The molecule has 0 atom stereocenters. The van der Waals surface area contributed by atoms with Crippen LogP contribution in [0.1, 0.15) is 12.8 Å². The summed E-state index contributed by atoms with van der Waals surface area (Å²) in [5, 5.41) is 1.44. The lowest BCUT2D eigenvalue weighted by Crippen LogP contribution is -2.25. The monoisotopic (exact) mass is 344 g/mol. The zero-order chi connectivity index (χ0) is 15.3. The van der Waals surface area contributed by atoms with E-state index in [1.54, 1.807) is 25.3 Å². The predicted octanol–water partition coefficient (Wildman–Crippen LogP) is 2.29. The molecule has 122 valence electrons. The second-order valence-electron chi connectivity index (χ2n) is 4.71. The van der Waals surface area contributed by atoms with Crippen LogP contribution >= 0.6 is 12.4 Å². The van der Waals surface area contributed by atoms with Crippen molar-refractivity contribution in [2.24, 2.45) is 5.73 Å². The molecule has 0 bridgehead atoms. The largest absolute Gasteiger partial charge is 0.496 e. The summed E-state index contributed by atoms with van der Waals surface area (Å²) in [6.45, 7) is 0.951. The van der Waals surface area contributed by atoms with Gasteiger partial charge in [-0.3, -0.25) is 0 Å². The van der Waals surface area contributed by atoms with Crippen LogP contribution < -0.4 is 15.2 Å². The molecule has 22 heavy (non-hydrogen) atoms. The zero-order valence-corrected chi connectivity index (χ0v) is 14.0. The van der Waals surface area contributed by atoms with Gasteiger partial charge < -0.3 is 10.5 Å². The van der Waals surface area contributed by atoms with Crippen molar-refractivity contribution < 1.29 is 13.2 Å². The molecule has 0 spiro atoms. The highest BCUT2D eigenvalue weighted by molar-refractivity contribution is 7.89. The van der Waals surface area contributed by atoms with E-state index in [0.29, 0.717) is 24.2 Å². The summed E-state index contributed by atoms with van der Waals surface area (Å²) in [5.41, 5.74) is 5.40. The Morgan fingerprint density at radius 2 is 1.77 bits per heavy atom. The van der Waals surface area contributed by atoms with Gasteiger partial charge in [0.05, 0.1) is 12.0 Å². The number of benzene rings is 2. The van der Waals surface area contributed by atoms with E-state index >= 15 is 0 Å². The fraction of sp³-hybridized carbons (Fsp3) is 0.333. The van der Waals surface area contributed by atoms with Crippen LogP contribution in [0.3, 0.4) is 0 Å². The average Bonchev–Trinajstić information content (AvgIpc) is 2.50. The van der Waals surface area contributed by atoms with Crippen molar-refractivity contribution in [3.05, 3.63) is 36.4 Å². The van der Waals surface area contributed by atoms with E-state index in [4.69, 9.17) is 10.5 Å². The van der Waals surface area contributed by atoms with Gasteiger partial charge in [-0.15, -0.1) is 12.4 Å². The van der Waals surface area contributed by atoms with Crippen LogP contribution in [-0.4, -0.2) is 28.6 Å². The van der Waals surface area contributed by atoms with Crippen molar-refractivity contribution in [3.8, 4) is 5.75 Å². The molecule has 0 radical (unpaired) electrons. The highest BCUT2D eigenvalue weighted by Gasteiger charge is 2.18. The first kappa shape index (κ1) is 18.7. The molecule has 0 aliphatic rings. The standard InChI is InChI=1S/C15H20N2O3S.ClH/c1-20-14-8-9-15(13-7-3-2-6-12(13)14)21(18,19)17-11-5-4-10-16;/h2-3,6-9,17H,4-5,10-11,16H2,1H3;1H.